The number of carbonyl (C=O) groups is 2. The lowest BCUT2D eigenvalue weighted by Crippen LogP contribution is -2.37. The Morgan fingerprint density at radius 1 is 1.18 bits per heavy atom. The summed E-state index contributed by atoms with van der Waals surface area (Å²) in [5.74, 6) is 0.396. The number of fused-ring (bicyclic) bond motifs is 1. The monoisotopic (exact) mass is 546 g/mol. The summed E-state index contributed by atoms with van der Waals surface area (Å²) in [6.45, 7) is 15.5. The summed E-state index contributed by atoms with van der Waals surface area (Å²) in [5, 5.41) is 10.1. The largest absolute Gasteiger partial charge is 0.493 e. The van der Waals surface area contributed by atoms with Gasteiger partial charge in [-0.25, -0.2) is 0 Å². The highest BCUT2D eigenvalue weighted by atomic mass is 16.7. The van der Waals surface area contributed by atoms with Crippen LogP contribution < -0.4 is 14.2 Å². The molecule has 1 amide bonds. The molecule has 0 bridgehead atoms. The van der Waals surface area contributed by atoms with E-state index in [9.17, 15) is 14.7 Å². The second-order valence-corrected chi connectivity index (χ2v) is 11.7. The Morgan fingerprint density at radius 2 is 1.82 bits per heavy atom. The second-order valence-electron chi connectivity index (χ2n) is 11.7. The molecule has 2 aliphatic rings. The van der Waals surface area contributed by atoms with Crippen molar-refractivity contribution >= 4 is 12.4 Å². The number of ether oxygens (including phenoxy) is 3. The van der Waals surface area contributed by atoms with E-state index in [1.807, 2.05) is 24.1 Å². The Bertz CT molecular complexity index is 964. The molecule has 1 aromatic carbocycles. The predicted molar refractivity (Wildman–Crippen MR) is 155 cm³/mol. The first-order valence-electron chi connectivity index (χ1n) is 14.2. The Labute approximate surface area is 235 Å². The number of hydrogen-bond acceptors (Lipinski definition) is 6. The Morgan fingerprint density at radius 3 is 2.33 bits per heavy atom. The van der Waals surface area contributed by atoms with Crippen molar-refractivity contribution in [1.82, 2.24) is 9.80 Å². The van der Waals surface area contributed by atoms with Crippen molar-refractivity contribution in [2.45, 2.75) is 85.6 Å². The third kappa shape index (κ3) is 9.16. The molecule has 3 atom stereocenters. The van der Waals surface area contributed by atoms with E-state index in [4.69, 9.17) is 14.2 Å². The molecule has 0 aliphatic carbocycles. The first-order chi connectivity index (χ1) is 18.5. The van der Waals surface area contributed by atoms with Crippen LogP contribution in [-0.2, 0) is 9.59 Å². The second kappa shape index (κ2) is 15.2. The van der Waals surface area contributed by atoms with E-state index in [0.29, 0.717) is 23.8 Å². The fraction of sp³-hybridized carbons (Fsp3) is 0.677. The highest BCUT2D eigenvalue weighted by molar-refractivity contribution is 5.73. The van der Waals surface area contributed by atoms with Gasteiger partial charge in [-0.15, -0.1) is 0 Å². The van der Waals surface area contributed by atoms with Gasteiger partial charge in [0.1, 0.15) is 0 Å². The average Bonchev–Trinajstić information content (AvgIpc) is 3.47. The van der Waals surface area contributed by atoms with Crippen molar-refractivity contribution in [2.75, 3.05) is 40.6 Å². The molecule has 1 N–H and O–H groups in total. The van der Waals surface area contributed by atoms with Gasteiger partial charge < -0.3 is 29.1 Å². The number of carbonyl (C=O) groups excluding carboxylic acids is 1. The molecular formula is C31H50N2O6. The highest BCUT2D eigenvalue weighted by Crippen LogP contribution is 2.48. The molecule has 0 radical (unpaired) electrons. The fourth-order valence-corrected chi connectivity index (χ4v) is 5.72. The van der Waals surface area contributed by atoms with Gasteiger partial charge >= 0.3 is 5.97 Å². The molecule has 1 fully saturated rings. The molecule has 1 aromatic rings. The third-order valence-electron chi connectivity index (χ3n) is 7.45. The summed E-state index contributed by atoms with van der Waals surface area (Å²) < 4.78 is 16.5. The number of hydrogen-bond donors (Lipinski definition) is 1. The van der Waals surface area contributed by atoms with E-state index in [2.05, 4.69) is 52.5 Å². The lowest BCUT2D eigenvalue weighted by atomic mass is 9.77. The van der Waals surface area contributed by atoms with Gasteiger partial charge in [0.15, 0.2) is 11.5 Å². The summed E-state index contributed by atoms with van der Waals surface area (Å²) in [7, 11) is 3.60. The quantitative estimate of drug-likeness (QED) is 0.242. The minimum Gasteiger partial charge on any atom is -0.493 e. The third-order valence-corrected chi connectivity index (χ3v) is 7.45. The number of carboxylic acid groups (broad SMARTS) is 1. The van der Waals surface area contributed by atoms with Gasteiger partial charge in [-0.05, 0) is 63.3 Å². The van der Waals surface area contributed by atoms with Gasteiger partial charge in [0.2, 0.25) is 19.0 Å². The van der Waals surface area contributed by atoms with Crippen LogP contribution in [0, 0.1) is 11.3 Å². The van der Waals surface area contributed by atoms with Gasteiger partial charge in [-0.1, -0.05) is 52.2 Å². The first kappa shape index (κ1) is 32.5. The SMILES string of the molecule is CCCCN(C=O)CCCC.COc1cc(C2CN(C)C(CC(C)(C)C=C(C)C)C2C(=O)O)cc2c1OCO2. The number of nitrogens with zero attached hydrogens (tertiary/aromatic N) is 2. The van der Waals surface area contributed by atoms with Gasteiger partial charge in [-0.2, -0.15) is 0 Å². The summed E-state index contributed by atoms with van der Waals surface area (Å²) in [5.41, 5.74) is 2.09. The highest BCUT2D eigenvalue weighted by Gasteiger charge is 2.47. The molecule has 1 saturated heterocycles. The van der Waals surface area contributed by atoms with Crippen LogP contribution in [0.1, 0.15) is 85.1 Å². The molecule has 2 heterocycles. The molecule has 0 saturated carbocycles. The molecule has 8 nitrogen and oxygen atoms in total. The molecule has 39 heavy (non-hydrogen) atoms. The van der Waals surface area contributed by atoms with Crippen LogP contribution >= 0.6 is 0 Å². The number of unbranched alkanes of at least 4 members (excludes halogenated alkanes) is 2. The van der Waals surface area contributed by atoms with Gasteiger partial charge in [-0.3, -0.25) is 9.59 Å². The van der Waals surface area contributed by atoms with Gasteiger partial charge in [0, 0.05) is 31.6 Å². The van der Waals surface area contributed by atoms with E-state index in [1.54, 1.807) is 7.11 Å². The summed E-state index contributed by atoms with van der Waals surface area (Å²) in [6, 6.07) is 3.75. The van der Waals surface area contributed by atoms with Crippen molar-refractivity contribution in [2.24, 2.45) is 11.3 Å². The predicted octanol–water partition coefficient (Wildman–Crippen LogP) is 5.95. The number of carboxylic acids is 1. The molecule has 0 spiro atoms. The molecular weight excluding hydrogens is 496 g/mol. The summed E-state index contributed by atoms with van der Waals surface area (Å²) in [6.07, 6.45) is 8.56. The molecule has 0 aromatic heterocycles. The number of methoxy groups -OCH3 is 1. The number of likely N-dealkylation sites (N-methyl/N-ethyl adjacent to an activating group) is 1. The summed E-state index contributed by atoms with van der Waals surface area (Å²) >= 11 is 0. The standard InChI is InChI=1S/C22H31NO5.C9H19NO/c1-13(2)9-22(3,4)10-16-19(21(24)25)15(11-23(16)5)14-7-17(26-6)20-18(8-14)27-12-28-20;1-3-5-7-10(9-11)8-6-4-2/h7-9,15-16,19H,10-12H2,1-6H3,(H,24,25);9H,3-8H2,1-2H3. The topological polar surface area (TPSA) is 88.5 Å². The molecule has 8 heteroatoms. The molecule has 3 unspecified atom stereocenters. The van der Waals surface area contributed by atoms with Crippen LogP contribution in [0.25, 0.3) is 0 Å². The lowest BCUT2D eigenvalue weighted by molar-refractivity contribution is -0.143. The van der Waals surface area contributed by atoms with Crippen LogP contribution in [0.4, 0.5) is 0 Å². The van der Waals surface area contributed by atoms with Crippen molar-refractivity contribution < 1.29 is 28.9 Å². The number of allylic oxidation sites excluding steroid dienone is 2. The van der Waals surface area contributed by atoms with E-state index in [0.717, 1.165) is 57.2 Å². The molecule has 2 aliphatic heterocycles. The van der Waals surface area contributed by atoms with E-state index in [1.165, 1.54) is 5.57 Å². The van der Waals surface area contributed by atoms with Crippen molar-refractivity contribution in [3.8, 4) is 17.2 Å². The smallest absolute Gasteiger partial charge is 0.308 e. The first-order valence-corrected chi connectivity index (χ1v) is 14.2. The Balaban J connectivity index is 0.000000411. The van der Waals surface area contributed by atoms with Crippen LogP contribution in [0.15, 0.2) is 23.8 Å². The maximum atomic E-state index is 12.3. The normalized spacial score (nSPS) is 20.2. The number of aliphatic carboxylic acids is 1. The maximum Gasteiger partial charge on any atom is 0.308 e. The van der Waals surface area contributed by atoms with Crippen LogP contribution in [0.3, 0.4) is 0 Å². The van der Waals surface area contributed by atoms with Crippen LogP contribution in [0.5, 0.6) is 17.2 Å². The zero-order valence-corrected chi connectivity index (χ0v) is 25.3. The minimum atomic E-state index is -0.760. The Hall–Kier alpha value is -2.74. The molecule has 3 rings (SSSR count). The van der Waals surface area contributed by atoms with Crippen molar-refractivity contribution in [1.29, 1.82) is 0 Å². The average molecular weight is 547 g/mol. The van der Waals surface area contributed by atoms with E-state index in [-0.39, 0.29) is 24.2 Å². The fourth-order valence-electron chi connectivity index (χ4n) is 5.72. The number of amides is 1. The van der Waals surface area contributed by atoms with Gasteiger partial charge in [0.25, 0.3) is 0 Å². The number of rotatable bonds is 13. The number of likely N-dealkylation sites (tertiary alicyclic amines) is 1. The minimum absolute atomic E-state index is 0.0514. The zero-order valence-electron chi connectivity index (χ0n) is 25.3. The molecule has 220 valence electrons. The number of benzene rings is 1. The Kier molecular flexibility index (Phi) is 12.6. The van der Waals surface area contributed by atoms with Gasteiger partial charge in [0.05, 0.1) is 13.0 Å². The van der Waals surface area contributed by atoms with Crippen molar-refractivity contribution in [3.63, 3.8) is 0 Å². The van der Waals surface area contributed by atoms with E-state index >= 15 is 0 Å². The van der Waals surface area contributed by atoms with Crippen LogP contribution in [-0.4, -0.2) is 73.9 Å². The lowest BCUT2D eigenvalue weighted by Gasteiger charge is -2.31. The summed E-state index contributed by atoms with van der Waals surface area (Å²) in [4.78, 5) is 26.8. The van der Waals surface area contributed by atoms with Crippen molar-refractivity contribution in [3.05, 3.63) is 29.3 Å². The van der Waals surface area contributed by atoms with E-state index < -0.39 is 11.9 Å². The van der Waals surface area contributed by atoms with Crippen LogP contribution in [0.2, 0.25) is 0 Å². The maximum absolute atomic E-state index is 12.3. The zero-order chi connectivity index (χ0) is 29.2.